The van der Waals surface area contributed by atoms with Gasteiger partial charge >= 0.3 is 0 Å². The van der Waals surface area contributed by atoms with E-state index in [-0.39, 0.29) is 18.1 Å². The largest absolute Gasteiger partial charge is 0.379 e. The summed E-state index contributed by atoms with van der Waals surface area (Å²) in [5, 5.41) is 7.03. The van der Waals surface area contributed by atoms with Gasteiger partial charge in [0, 0.05) is 37.5 Å². The van der Waals surface area contributed by atoms with E-state index in [1.54, 1.807) is 6.20 Å². The Labute approximate surface area is 152 Å². The summed E-state index contributed by atoms with van der Waals surface area (Å²) in [6.45, 7) is 7.79. The summed E-state index contributed by atoms with van der Waals surface area (Å²) in [5.74, 6) is 1.68. The molecule has 0 bridgehead atoms. The molecule has 0 saturated carbocycles. The van der Waals surface area contributed by atoms with Crippen molar-refractivity contribution in [3.63, 3.8) is 0 Å². The van der Waals surface area contributed by atoms with Crippen molar-refractivity contribution in [1.82, 2.24) is 20.0 Å². The Morgan fingerprint density at radius 1 is 1.42 bits per heavy atom. The number of ether oxygens (including phenoxy) is 2. The Hall–Kier alpha value is -2.19. The lowest BCUT2D eigenvalue weighted by atomic mass is 10.1. The number of carbonyl (C=O) groups is 1. The van der Waals surface area contributed by atoms with Crippen LogP contribution >= 0.6 is 0 Å². The third-order valence-electron chi connectivity index (χ3n) is 4.78. The van der Waals surface area contributed by atoms with Crippen LogP contribution < -0.4 is 5.32 Å². The molecule has 0 radical (unpaired) electrons. The summed E-state index contributed by atoms with van der Waals surface area (Å²) in [4.78, 5) is 16.5. The number of carbonyl (C=O) groups excluding carboxylic acids is 1. The van der Waals surface area contributed by atoms with Gasteiger partial charge in [0.2, 0.25) is 5.91 Å². The van der Waals surface area contributed by atoms with Crippen LogP contribution in [0.2, 0.25) is 0 Å². The molecule has 0 unspecified atom stereocenters. The van der Waals surface area contributed by atoms with Gasteiger partial charge in [-0.1, -0.05) is 5.16 Å². The molecule has 1 N–H and O–H groups in total. The number of amides is 1. The van der Waals surface area contributed by atoms with Crippen molar-refractivity contribution >= 4 is 5.91 Å². The molecule has 2 atom stereocenters. The van der Waals surface area contributed by atoms with E-state index in [1.165, 1.54) is 0 Å². The maximum atomic E-state index is 12.3. The predicted molar refractivity (Wildman–Crippen MR) is 93.5 cm³/mol. The van der Waals surface area contributed by atoms with E-state index in [0.717, 1.165) is 29.3 Å². The van der Waals surface area contributed by atoms with Gasteiger partial charge in [0.15, 0.2) is 0 Å². The minimum Gasteiger partial charge on any atom is -0.379 e. The molecule has 1 fully saturated rings. The van der Waals surface area contributed by atoms with Crippen LogP contribution in [0.3, 0.4) is 0 Å². The number of imidazole rings is 1. The zero-order valence-electron chi connectivity index (χ0n) is 15.5. The molecule has 8 nitrogen and oxygen atoms in total. The van der Waals surface area contributed by atoms with Gasteiger partial charge in [-0.3, -0.25) is 4.79 Å². The van der Waals surface area contributed by atoms with Gasteiger partial charge in [-0.15, -0.1) is 0 Å². The van der Waals surface area contributed by atoms with E-state index in [4.69, 9.17) is 14.0 Å². The summed E-state index contributed by atoms with van der Waals surface area (Å²) in [6, 6.07) is -0.0550. The third-order valence-corrected chi connectivity index (χ3v) is 4.78. The van der Waals surface area contributed by atoms with E-state index in [0.29, 0.717) is 32.8 Å². The number of nitrogens with zero attached hydrogens (tertiary/aromatic N) is 3. The molecular weight excluding hydrogens is 336 g/mol. The van der Waals surface area contributed by atoms with E-state index < -0.39 is 0 Å². The zero-order valence-corrected chi connectivity index (χ0v) is 15.5. The predicted octanol–water partition coefficient (Wildman–Crippen LogP) is 1.68. The molecule has 2 aromatic heterocycles. The first-order valence-electron chi connectivity index (χ1n) is 8.92. The van der Waals surface area contributed by atoms with Gasteiger partial charge in [0.1, 0.15) is 17.7 Å². The standard InChI is InChI=1S/C18H26N4O4/c1-12-15(13(2)26-21-12)10-25-17-11-24-9-5-16(17)20-18(23)4-7-22-8-6-19-14(22)3/h6,8,16-17H,4-5,7,9-11H2,1-3H3,(H,20,23)/t16-,17-/m1/s1. The Balaban J connectivity index is 1.51. The Bertz CT molecular complexity index is 720. The molecule has 1 saturated heterocycles. The normalized spacial score (nSPS) is 20.3. The maximum Gasteiger partial charge on any atom is 0.222 e. The fourth-order valence-corrected chi connectivity index (χ4v) is 3.08. The molecule has 0 aliphatic carbocycles. The number of hydrogen-bond donors (Lipinski definition) is 1. The van der Waals surface area contributed by atoms with Gasteiger partial charge in [-0.05, 0) is 27.2 Å². The maximum absolute atomic E-state index is 12.3. The lowest BCUT2D eigenvalue weighted by molar-refractivity contribution is -0.126. The number of hydrogen-bond acceptors (Lipinski definition) is 6. The SMILES string of the molecule is Cc1noc(C)c1CO[C@@H]1COCC[C@H]1NC(=O)CCn1ccnc1C. The molecule has 3 heterocycles. The van der Waals surface area contributed by atoms with Crippen LogP contribution in [0.5, 0.6) is 0 Å². The Kier molecular flexibility index (Phi) is 6.05. The summed E-state index contributed by atoms with van der Waals surface area (Å²) in [6.07, 6.45) is 4.58. The summed E-state index contributed by atoms with van der Waals surface area (Å²) >= 11 is 0. The van der Waals surface area contributed by atoms with Gasteiger partial charge in [0.25, 0.3) is 0 Å². The first-order chi connectivity index (χ1) is 12.5. The lowest BCUT2D eigenvalue weighted by Gasteiger charge is -2.32. The lowest BCUT2D eigenvalue weighted by Crippen LogP contribution is -2.50. The average molecular weight is 362 g/mol. The van der Waals surface area contributed by atoms with Crippen molar-refractivity contribution in [2.24, 2.45) is 0 Å². The molecule has 2 aromatic rings. The van der Waals surface area contributed by atoms with Crippen molar-refractivity contribution in [3.05, 3.63) is 35.2 Å². The topological polar surface area (TPSA) is 91.4 Å². The van der Waals surface area contributed by atoms with Crippen LogP contribution in [0, 0.1) is 20.8 Å². The minimum absolute atomic E-state index is 0.0101. The Morgan fingerprint density at radius 3 is 2.96 bits per heavy atom. The van der Waals surface area contributed by atoms with Crippen LogP contribution in [0.25, 0.3) is 0 Å². The second-order valence-electron chi connectivity index (χ2n) is 6.61. The van der Waals surface area contributed by atoms with Crippen LogP contribution in [0.1, 0.15) is 35.7 Å². The first-order valence-corrected chi connectivity index (χ1v) is 8.92. The monoisotopic (exact) mass is 362 g/mol. The number of aromatic nitrogens is 3. The summed E-state index contributed by atoms with van der Waals surface area (Å²) < 4.78 is 18.7. The van der Waals surface area contributed by atoms with Crippen molar-refractivity contribution in [2.75, 3.05) is 13.2 Å². The number of aryl methyl sites for hydroxylation is 4. The molecule has 1 aliphatic heterocycles. The smallest absolute Gasteiger partial charge is 0.222 e. The number of rotatable bonds is 7. The fraction of sp³-hybridized carbons (Fsp3) is 0.611. The van der Waals surface area contributed by atoms with E-state index in [9.17, 15) is 4.79 Å². The molecule has 1 amide bonds. The van der Waals surface area contributed by atoms with Crippen LogP contribution in [0.4, 0.5) is 0 Å². The highest BCUT2D eigenvalue weighted by Gasteiger charge is 2.28. The van der Waals surface area contributed by atoms with Crippen LogP contribution in [0.15, 0.2) is 16.9 Å². The second-order valence-corrected chi connectivity index (χ2v) is 6.61. The molecule has 3 rings (SSSR count). The average Bonchev–Trinajstić information content (AvgIpc) is 3.18. The molecule has 0 spiro atoms. The van der Waals surface area contributed by atoms with Crippen molar-refractivity contribution < 1.29 is 18.8 Å². The highest BCUT2D eigenvalue weighted by Crippen LogP contribution is 2.18. The van der Waals surface area contributed by atoms with Gasteiger partial charge < -0.3 is 23.9 Å². The van der Waals surface area contributed by atoms with E-state index in [1.807, 2.05) is 31.5 Å². The highest BCUT2D eigenvalue weighted by molar-refractivity contribution is 5.76. The van der Waals surface area contributed by atoms with Crippen LogP contribution in [-0.2, 0) is 27.4 Å². The van der Waals surface area contributed by atoms with Crippen molar-refractivity contribution in [1.29, 1.82) is 0 Å². The highest BCUT2D eigenvalue weighted by atomic mass is 16.5. The minimum atomic E-state index is -0.184. The molecular formula is C18H26N4O4. The zero-order chi connectivity index (χ0) is 18.5. The number of nitrogens with one attached hydrogen (secondary N) is 1. The first kappa shape index (κ1) is 18.6. The van der Waals surface area contributed by atoms with Crippen LogP contribution in [-0.4, -0.2) is 46.0 Å². The fourth-order valence-electron chi connectivity index (χ4n) is 3.08. The van der Waals surface area contributed by atoms with E-state index in [2.05, 4.69) is 15.5 Å². The van der Waals surface area contributed by atoms with Gasteiger partial charge in [0.05, 0.1) is 24.9 Å². The molecule has 142 valence electrons. The molecule has 0 aromatic carbocycles. The van der Waals surface area contributed by atoms with Gasteiger partial charge in [-0.2, -0.15) is 0 Å². The molecule has 26 heavy (non-hydrogen) atoms. The third kappa shape index (κ3) is 4.50. The van der Waals surface area contributed by atoms with E-state index >= 15 is 0 Å². The quantitative estimate of drug-likeness (QED) is 0.806. The summed E-state index contributed by atoms with van der Waals surface area (Å²) in [5.41, 5.74) is 1.78. The molecule has 8 heteroatoms. The second kappa shape index (κ2) is 8.46. The van der Waals surface area contributed by atoms with Crippen molar-refractivity contribution in [2.45, 2.75) is 58.9 Å². The van der Waals surface area contributed by atoms with Gasteiger partial charge in [-0.25, -0.2) is 4.98 Å². The Morgan fingerprint density at radius 2 is 2.27 bits per heavy atom. The van der Waals surface area contributed by atoms with Crippen molar-refractivity contribution in [3.8, 4) is 0 Å². The molecule has 1 aliphatic rings. The summed E-state index contributed by atoms with van der Waals surface area (Å²) in [7, 11) is 0.